The van der Waals surface area contributed by atoms with Gasteiger partial charge in [-0.3, -0.25) is 0 Å². The van der Waals surface area contributed by atoms with Gasteiger partial charge in [-0.2, -0.15) is 0 Å². The second kappa shape index (κ2) is 3.57. The third-order valence-electron chi connectivity index (χ3n) is 3.41. The number of fused-ring (bicyclic) bond motifs is 2. The molecule has 0 amide bonds. The Bertz CT molecular complexity index is 614. The Morgan fingerprint density at radius 2 is 1.89 bits per heavy atom. The van der Waals surface area contributed by atoms with Gasteiger partial charge in [-0.05, 0) is 11.6 Å². The Labute approximate surface area is 104 Å². The summed E-state index contributed by atoms with van der Waals surface area (Å²) >= 11 is 0. The van der Waals surface area contributed by atoms with Crippen LogP contribution < -0.4 is 4.90 Å². The van der Waals surface area contributed by atoms with Crippen LogP contribution in [0, 0.1) is 0 Å². The number of rotatable bonds is 0. The predicted molar refractivity (Wildman–Crippen MR) is 69.9 cm³/mol. The highest BCUT2D eigenvalue weighted by Gasteiger charge is 2.27. The van der Waals surface area contributed by atoms with Gasteiger partial charge in [0.15, 0.2) is 11.5 Å². The number of phenols is 3. The molecule has 0 aromatic heterocycles. The molecule has 1 aliphatic heterocycles. The van der Waals surface area contributed by atoms with Crippen LogP contribution in [0.5, 0.6) is 17.2 Å². The minimum atomic E-state index is -0.479. The van der Waals surface area contributed by atoms with Crippen molar-refractivity contribution in [2.24, 2.45) is 0 Å². The number of anilines is 1. The van der Waals surface area contributed by atoms with E-state index in [-0.39, 0.29) is 17.5 Å². The summed E-state index contributed by atoms with van der Waals surface area (Å²) in [5, 5.41) is 29.1. The van der Waals surface area contributed by atoms with Crippen molar-refractivity contribution in [3.05, 3.63) is 41.5 Å². The summed E-state index contributed by atoms with van der Waals surface area (Å²) in [6, 6.07) is 1.55. The maximum absolute atomic E-state index is 9.91. The molecule has 3 rings (SSSR count). The van der Waals surface area contributed by atoms with Crippen LogP contribution in [0.15, 0.2) is 35.9 Å². The molecular weight excluding hydrogens is 230 g/mol. The molecule has 2 aliphatic rings. The lowest BCUT2D eigenvalue weighted by molar-refractivity contribution is 0.367. The average molecular weight is 243 g/mol. The van der Waals surface area contributed by atoms with Gasteiger partial charge >= 0.3 is 0 Å². The maximum atomic E-state index is 9.91. The monoisotopic (exact) mass is 243 g/mol. The van der Waals surface area contributed by atoms with Crippen LogP contribution in [0.2, 0.25) is 0 Å². The normalized spacial score (nSPS) is 20.4. The lowest BCUT2D eigenvalue weighted by Crippen LogP contribution is -2.34. The van der Waals surface area contributed by atoms with Crippen LogP contribution in [-0.2, 0) is 0 Å². The Hall–Kier alpha value is -2.36. The number of likely N-dealkylation sites (N-methyl/N-ethyl adjacent to an activating group) is 1. The van der Waals surface area contributed by atoms with Crippen LogP contribution in [0.25, 0.3) is 6.08 Å². The van der Waals surface area contributed by atoms with E-state index in [1.807, 2.05) is 42.3 Å². The van der Waals surface area contributed by atoms with E-state index in [9.17, 15) is 15.3 Å². The van der Waals surface area contributed by atoms with E-state index < -0.39 is 5.75 Å². The fourth-order valence-corrected chi connectivity index (χ4v) is 2.43. The molecular formula is C14H13NO3. The summed E-state index contributed by atoms with van der Waals surface area (Å²) in [4.78, 5) is 1.95. The summed E-state index contributed by atoms with van der Waals surface area (Å²) in [5.74, 6) is -1.08. The van der Waals surface area contributed by atoms with Crippen LogP contribution in [0.4, 0.5) is 5.69 Å². The molecule has 1 aromatic carbocycles. The third-order valence-corrected chi connectivity index (χ3v) is 3.41. The van der Waals surface area contributed by atoms with Crippen molar-refractivity contribution in [1.82, 2.24) is 0 Å². The van der Waals surface area contributed by atoms with E-state index in [1.54, 1.807) is 0 Å². The summed E-state index contributed by atoms with van der Waals surface area (Å²) in [6.07, 6.45) is 9.72. The smallest absolute Gasteiger partial charge is 0.201 e. The number of hydrogen-bond acceptors (Lipinski definition) is 4. The standard InChI is InChI=1S/C14H13NO3/c1-15-10-5-3-2-4-8(10)6-9-11(15)7-12(16)14(18)13(9)17/h2-7,10,16-18H,1H3. The molecule has 0 spiro atoms. The zero-order valence-corrected chi connectivity index (χ0v) is 9.83. The first kappa shape index (κ1) is 10.8. The zero-order chi connectivity index (χ0) is 12.9. The largest absolute Gasteiger partial charge is 0.504 e. The fourth-order valence-electron chi connectivity index (χ4n) is 2.43. The third kappa shape index (κ3) is 1.32. The zero-order valence-electron chi connectivity index (χ0n) is 9.83. The fraction of sp³-hybridized carbons (Fsp3) is 0.143. The lowest BCUT2D eigenvalue weighted by Gasteiger charge is -2.35. The van der Waals surface area contributed by atoms with Crippen LogP contribution in [0.3, 0.4) is 0 Å². The van der Waals surface area contributed by atoms with Gasteiger partial charge in [-0.25, -0.2) is 0 Å². The Morgan fingerprint density at radius 3 is 2.67 bits per heavy atom. The van der Waals surface area contributed by atoms with Gasteiger partial charge in [-0.15, -0.1) is 0 Å². The Morgan fingerprint density at radius 1 is 1.11 bits per heavy atom. The van der Waals surface area contributed by atoms with Crippen LogP contribution in [-0.4, -0.2) is 28.4 Å². The Kier molecular flexibility index (Phi) is 2.13. The quantitative estimate of drug-likeness (QED) is 0.611. The van der Waals surface area contributed by atoms with E-state index in [2.05, 4.69) is 0 Å². The van der Waals surface area contributed by atoms with Gasteiger partial charge in [0.1, 0.15) is 0 Å². The number of nitrogens with zero attached hydrogens (tertiary/aromatic N) is 1. The van der Waals surface area contributed by atoms with Gasteiger partial charge in [0, 0.05) is 18.7 Å². The highest BCUT2D eigenvalue weighted by molar-refractivity contribution is 5.84. The van der Waals surface area contributed by atoms with Gasteiger partial charge < -0.3 is 20.2 Å². The molecule has 0 saturated carbocycles. The second-order valence-electron chi connectivity index (χ2n) is 4.47. The number of phenolic OH excluding ortho intramolecular Hbond substituents is 3. The first-order chi connectivity index (χ1) is 8.59. The number of hydrogen-bond donors (Lipinski definition) is 3. The summed E-state index contributed by atoms with van der Waals surface area (Å²) in [7, 11) is 1.88. The molecule has 18 heavy (non-hydrogen) atoms. The molecule has 1 aromatic rings. The van der Waals surface area contributed by atoms with Crippen molar-refractivity contribution >= 4 is 11.8 Å². The maximum Gasteiger partial charge on any atom is 0.201 e. The van der Waals surface area contributed by atoms with Crippen molar-refractivity contribution in [3.8, 4) is 17.2 Å². The first-order valence-corrected chi connectivity index (χ1v) is 5.67. The van der Waals surface area contributed by atoms with E-state index in [1.165, 1.54) is 6.07 Å². The number of allylic oxidation sites excluding steroid dienone is 2. The summed E-state index contributed by atoms with van der Waals surface area (Å²) < 4.78 is 0. The highest BCUT2D eigenvalue weighted by Crippen LogP contribution is 2.47. The van der Waals surface area contributed by atoms with E-state index in [0.29, 0.717) is 11.3 Å². The van der Waals surface area contributed by atoms with Crippen molar-refractivity contribution in [2.45, 2.75) is 6.04 Å². The topological polar surface area (TPSA) is 63.9 Å². The predicted octanol–water partition coefficient (Wildman–Crippen LogP) is 2.13. The second-order valence-corrected chi connectivity index (χ2v) is 4.47. The molecule has 1 atom stereocenters. The molecule has 3 N–H and O–H groups in total. The SMILES string of the molecule is CN1c2cc(O)c(O)c(O)c2C=C2C=CC=CC21. The molecule has 1 heterocycles. The van der Waals surface area contributed by atoms with E-state index >= 15 is 0 Å². The van der Waals surface area contributed by atoms with Crippen LogP contribution >= 0.6 is 0 Å². The molecule has 1 aliphatic carbocycles. The van der Waals surface area contributed by atoms with Crippen molar-refractivity contribution < 1.29 is 15.3 Å². The highest BCUT2D eigenvalue weighted by atomic mass is 16.3. The summed E-state index contributed by atoms with van der Waals surface area (Å²) in [6.45, 7) is 0. The average Bonchev–Trinajstić information content (AvgIpc) is 2.38. The van der Waals surface area contributed by atoms with Gasteiger partial charge in [-0.1, -0.05) is 24.3 Å². The van der Waals surface area contributed by atoms with Crippen molar-refractivity contribution in [2.75, 3.05) is 11.9 Å². The minimum Gasteiger partial charge on any atom is -0.504 e. The van der Waals surface area contributed by atoms with E-state index in [0.717, 1.165) is 5.57 Å². The Balaban J connectivity index is 2.27. The van der Waals surface area contributed by atoms with Gasteiger partial charge in [0.25, 0.3) is 0 Å². The lowest BCUT2D eigenvalue weighted by atomic mass is 9.92. The molecule has 4 nitrogen and oxygen atoms in total. The summed E-state index contributed by atoms with van der Waals surface area (Å²) in [5.41, 5.74) is 2.25. The molecule has 0 radical (unpaired) electrons. The van der Waals surface area contributed by atoms with Crippen molar-refractivity contribution in [3.63, 3.8) is 0 Å². The number of benzene rings is 1. The van der Waals surface area contributed by atoms with Gasteiger partial charge in [0.05, 0.1) is 11.7 Å². The van der Waals surface area contributed by atoms with E-state index in [4.69, 9.17) is 0 Å². The minimum absolute atomic E-state index is 0.0887. The number of aromatic hydroxyl groups is 3. The molecule has 92 valence electrons. The van der Waals surface area contributed by atoms with Gasteiger partial charge in [0.2, 0.25) is 5.75 Å². The first-order valence-electron chi connectivity index (χ1n) is 5.67. The molecule has 1 unspecified atom stereocenters. The molecule has 0 bridgehead atoms. The molecule has 4 heteroatoms. The van der Waals surface area contributed by atoms with Crippen LogP contribution in [0.1, 0.15) is 5.56 Å². The molecule has 0 saturated heterocycles. The van der Waals surface area contributed by atoms with Crippen molar-refractivity contribution in [1.29, 1.82) is 0 Å². The molecule has 0 fully saturated rings.